The second-order valence-electron chi connectivity index (χ2n) is 4.05. The molecule has 0 aromatic heterocycles. The van der Waals surface area contributed by atoms with E-state index < -0.39 is 0 Å². The summed E-state index contributed by atoms with van der Waals surface area (Å²) >= 11 is 0. The fraction of sp³-hybridized carbons (Fsp3) is 1.00. The fourth-order valence-corrected chi connectivity index (χ4v) is 1.70. The van der Waals surface area contributed by atoms with Gasteiger partial charge < -0.3 is 0 Å². The number of nitrogens with zero attached hydrogens (tertiary/aromatic N) is 1. The summed E-state index contributed by atoms with van der Waals surface area (Å²) in [5.74, 6) is 0. The van der Waals surface area contributed by atoms with Crippen molar-refractivity contribution in [3.05, 3.63) is 0 Å². The van der Waals surface area contributed by atoms with Gasteiger partial charge >= 0.3 is 0 Å². The third-order valence-electron chi connectivity index (χ3n) is 2.61. The molecular weight excluding hydrogens is 134 g/mol. The van der Waals surface area contributed by atoms with Crippen molar-refractivity contribution in [3.8, 4) is 0 Å². The average molecular weight is 157 g/mol. The van der Waals surface area contributed by atoms with E-state index in [0.717, 1.165) is 6.54 Å². The molecule has 0 rings (SSSR count). The van der Waals surface area contributed by atoms with Gasteiger partial charge in [0.1, 0.15) is 0 Å². The van der Waals surface area contributed by atoms with Crippen molar-refractivity contribution >= 4 is 0 Å². The predicted octanol–water partition coefficient (Wildman–Crippen LogP) is 2.91. The van der Waals surface area contributed by atoms with E-state index in [4.69, 9.17) is 0 Å². The molecular formula is C10H23N. The summed E-state index contributed by atoms with van der Waals surface area (Å²) in [7, 11) is 0. The molecule has 0 aliphatic heterocycles. The van der Waals surface area contributed by atoms with Crippen LogP contribution >= 0.6 is 0 Å². The zero-order valence-corrected chi connectivity index (χ0v) is 8.94. The largest absolute Gasteiger partial charge is 0.296 e. The molecule has 0 heterocycles. The van der Waals surface area contributed by atoms with Crippen LogP contribution in [0.25, 0.3) is 0 Å². The normalized spacial score (nSPS) is 13.1. The smallest absolute Gasteiger partial charge is 0.0153 e. The Hall–Kier alpha value is -0.0400. The van der Waals surface area contributed by atoms with E-state index in [-0.39, 0.29) is 0 Å². The second-order valence-corrected chi connectivity index (χ2v) is 4.05. The van der Waals surface area contributed by atoms with Crippen molar-refractivity contribution in [2.24, 2.45) is 0 Å². The summed E-state index contributed by atoms with van der Waals surface area (Å²) in [5.41, 5.74) is 0.364. The summed E-state index contributed by atoms with van der Waals surface area (Å²) in [6.45, 7) is 14.8. The molecule has 0 saturated carbocycles. The molecule has 0 aromatic carbocycles. The van der Waals surface area contributed by atoms with Crippen LogP contribution in [0.15, 0.2) is 0 Å². The van der Waals surface area contributed by atoms with Crippen LogP contribution in [0, 0.1) is 0 Å². The standard InChI is InChI=1S/C10H23N/c1-7-10(5,6)11(8-2)9(3)4/h9H,7-8H2,1-6H3. The van der Waals surface area contributed by atoms with Gasteiger partial charge in [0, 0.05) is 11.6 Å². The van der Waals surface area contributed by atoms with Crippen LogP contribution in [0.1, 0.15) is 48.0 Å². The Balaban J connectivity index is 4.23. The minimum atomic E-state index is 0.364. The zero-order chi connectivity index (χ0) is 9.07. The molecule has 1 heteroatoms. The van der Waals surface area contributed by atoms with Gasteiger partial charge in [-0.2, -0.15) is 0 Å². The number of rotatable bonds is 4. The Labute approximate surface area is 71.8 Å². The van der Waals surface area contributed by atoms with Gasteiger partial charge in [0.2, 0.25) is 0 Å². The number of hydrogen-bond donors (Lipinski definition) is 0. The van der Waals surface area contributed by atoms with E-state index in [1.54, 1.807) is 0 Å². The Bertz CT molecular complexity index is 105. The maximum Gasteiger partial charge on any atom is 0.0153 e. The van der Waals surface area contributed by atoms with Crippen LogP contribution in [0.5, 0.6) is 0 Å². The second kappa shape index (κ2) is 4.10. The molecule has 0 aliphatic rings. The molecule has 0 N–H and O–H groups in total. The van der Waals surface area contributed by atoms with Crippen LogP contribution in [0.2, 0.25) is 0 Å². The van der Waals surface area contributed by atoms with Crippen molar-refractivity contribution in [2.75, 3.05) is 6.54 Å². The van der Waals surface area contributed by atoms with Crippen molar-refractivity contribution in [1.82, 2.24) is 4.90 Å². The monoisotopic (exact) mass is 157 g/mol. The van der Waals surface area contributed by atoms with E-state index in [2.05, 4.69) is 46.4 Å². The lowest BCUT2D eigenvalue weighted by Crippen LogP contribution is -2.47. The van der Waals surface area contributed by atoms with Crippen molar-refractivity contribution in [1.29, 1.82) is 0 Å². The average Bonchev–Trinajstić information content (AvgIpc) is 1.88. The Kier molecular flexibility index (Phi) is 4.09. The molecule has 0 atom stereocenters. The molecule has 0 spiro atoms. The molecule has 0 radical (unpaired) electrons. The number of hydrogen-bond acceptors (Lipinski definition) is 1. The van der Waals surface area contributed by atoms with Gasteiger partial charge in [0.05, 0.1) is 0 Å². The highest BCUT2D eigenvalue weighted by Crippen LogP contribution is 2.20. The maximum atomic E-state index is 2.53. The van der Waals surface area contributed by atoms with Gasteiger partial charge in [-0.3, -0.25) is 4.90 Å². The lowest BCUT2D eigenvalue weighted by atomic mass is 9.97. The third-order valence-corrected chi connectivity index (χ3v) is 2.61. The van der Waals surface area contributed by atoms with Crippen LogP contribution < -0.4 is 0 Å². The van der Waals surface area contributed by atoms with Gasteiger partial charge in [-0.05, 0) is 40.7 Å². The third kappa shape index (κ3) is 2.82. The highest BCUT2D eigenvalue weighted by Gasteiger charge is 2.24. The molecule has 11 heavy (non-hydrogen) atoms. The van der Waals surface area contributed by atoms with Gasteiger partial charge in [0.15, 0.2) is 0 Å². The van der Waals surface area contributed by atoms with Crippen LogP contribution in [-0.2, 0) is 0 Å². The molecule has 0 saturated heterocycles. The molecule has 68 valence electrons. The Morgan fingerprint density at radius 1 is 1.18 bits per heavy atom. The minimum Gasteiger partial charge on any atom is -0.296 e. The molecule has 1 nitrogen and oxygen atoms in total. The molecule has 0 aromatic rings. The molecule has 0 fully saturated rings. The minimum absolute atomic E-state index is 0.364. The Morgan fingerprint density at radius 2 is 1.64 bits per heavy atom. The van der Waals surface area contributed by atoms with Crippen molar-refractivity contribution in [3.63, 3.8) is 0 Å². The first-order valence-electron chi connectivity index (χ1n) is 4.72. The first-order chi connectivity index (χ1) is 4.95. The van der Waals surface area contributed by atoms with Gasteiger partial charge in [-0.1, -0.05) is 13.8 Å². The SMILES string of the molecule is CCN(C(C)C)C(C)(C)CC. The lowest BCUT2D eigenvalue weighted by molar-refractivity contribution is 0.0876. The first kappa shape index (κ1) is 11.0. The van der Waals surface area contributed by atoms with Gasteiger partial charge in [-0.25, -0.2) is 0 Å². The van der Waals surface area contributed by atoms with Crippen LogP contribution in [0.3, 0.4) is 0 Å². The van der Waals surface area contributed by atoms with Gasteiger partial charge in [0.25, 0.3) is 0 Å². The summed E-state index contributed by atoms with van der Waals surface area (Å²) in [5, 5.41) is 0. The van der Waals surface area contributed by atoms with Gasteiger partial charge in [-0.15, -0.1) is 0 Å². The van der Waals surface area contributed by atoms with Crippen molar-refractivity contribution < 1.29 is 0 Å². The highest BCUT2D eigenvalue weighted by molar-refractivity contribution is 4.81. The Morgan fingerprint density at radius 3 is 1.73 bits per heavy atom. The molecule has 0 bridgehead atoms. The maximum absolute atomic E-state index is 2.53. The molecule has 0 aliphatic carbocycles. The lowest BCUT2D eigenvalue weighted by Gasteiger charge is -2.40. The highest BCUT2D eigenvalue weighted by atomic mass is 15.2. The van der Waals surface area contributed by atoms with Crippen molar-refractivity contribution in [2.45, 2.75) is 59.5 Å². The molecule has 0 unspecified atom stereocenters. The quantitative estimate of drug-likeness (QED) is 0.606. The fourth-order valence-electron chi connectivity index (χ4n) is 1.70. The van der Waals surface area contributed by atoms with Crippen LogP contribution in [-0.4, -0.2) is 23.0 Å². The summed E-state index contributed by atoms with van der Waals surface area (Å²) < 4.78 is 0. The van der Waals surface area contributed by atoms with E-state index in [1.807, 2.05) is 0 Å². The van der Waals surface area contributed by atoms with E-state index in [0.29, 0.717) is 11.6 Å². The van der Waals surface area contributed by atoms with E-state index in [9.17, 15) is 0 Å². The molecule has 0 amide bonds. The van der Waals surface area contributed by atoms with E-state index >= 15 is 0 Å². The van der Waals surface area contributed by atoms with Crippen LogP contribution in [0.4, 0.5) is 0 Å². The van der Waals surface area contributed by atoms with E-state index in [1.165, 1.54) is 6.42 Å². The summed E-state index contributed by atoms with van der Waals surface area (Å²) in [6, 6.07) is 0.662. The first-order valence-corrected chi connectivity index (χ1v) is 4.72. The summed E-state index contributed by atoms with van der Waals surface area (Å²) in [6.07, 6.45) is 1.22. The predicted molar refractivity (Wildman–Crippen MR) is 51.9 cm³/mol. The zero-order valence-electron chi connectivity index (χ0n) is 8.94. The topological polar surface area (TPSA) is 3.24 Å². The summed E-state index contributed by atoms with van der Waals surface area (Å²) in [4.78, 5) is 2.53.